The second-order valence-corrected chi connectivity index (χ2v) is 6.37. The maximum Gasteiger partial charge on any atom is 0.254 e. The van der Waals surface area contributed by atoms with Crippen LogP contribution in [0.3, 0.4) is 0 Å². The van der Waals surface area contributed by atoms with Crippen LogP contribution in [0.25, 0.3) is 0 Å². The minimum absolute atomic E-state index is 0.191. The van der Waals surface area contributed by atoms with Gasteiger partial charge < -0.3 is 18.8 Å². The van der Waals surface area contributed by atoms with Gasteiger partial charge in [-0.05, 0) is 55.0 Å². The predicted octanol–water partition coefficient (Wildman–Crippen LogP) is 4.30. The van der Waals surface area contributed by atoms with Crippen LogP contribution >= 0.6 is 0 Å². The minimum Gasteiger partial charge on any atom is -0.464 e. The zero-order valence-corrected chi connectivity index (χ0v) is 14.8. The molecule has 1 aliphatic rings. The van der Waals surface area contributed by atoms with Gasteiger partial charge in [0.05, 0.1) is 6.54 Å². The molecule has 3 aromatic rings. The lowest BCUT2D eigenvalue weighted by molar-refractivity contribution is 0.0716. The third kappa shape index (κ3) is 3.79. The average Bonchev–Trinajstić information content (AvgIpc) is 3.29. The Balaban J connectivity index is 1.61. The van der Waals surface area contributed by atoms with E-state index in [0.717, 1.165) is 11.3 Å². The van der Waals surface area contributed by atoms with E-state index in [1.807, 2.05) is 37.3 Å². The topological polar surface area (TPSA) is 51.9 Å². The normalized spacial score (nSPS) is 12.2. The van der Waals surface area contributed by atoms with Gasteiger partial charge in [0.25, 0.3) is 5.91 Å². The monoisotopic (exact) mass is 367 g/mol. The number of carbonyl (C=O) groups excluding carboxylic acids is 1. The van der Waals surface area contributed by atoms with Gasteiger partial charge in [0, 0.05) is 12.1 Å². The summed E-state index contributed by atoms with van der Waals surface area (Å²) in [6.45, 7) is 2.64. The Labute approximate surface area is 155 Å². The summed E-state index contributed by atoms with van der Waals surface area (Å²) in [6.07, 6.45) is 0. The molecule has 0 fully saturated rings. The second kappa shape index (κ2) is 7.15. The molecule has 4 rings (SSSR count). The van der Waals surface area contributed by atoms with E-state index < -0.39 is 5.82 Å². The number of benzene rings is 2. The minimum atomic E-state index is -0.447. The molecule has 6 heteroatoms. The van der Waals surface area contributed by atoms with E-state index in [1.165, 1.54) is 18.2 Å². The van der Waals surface area contributed by atoms with Crippen LogP contribution in [0.1, 0.15) is 27.4 Å². The quantitative estimate of drug-likeness (QED) is 0.675. The molecule has 0 unspecified atom stereocenters. The lowest BCUT2D eigenvalue weighted by Crippen LogP contribution is -2.30. The van der Waals surface area contributed by atoms with Gasteiger partial charge in [0.15, 0.2) is 11.5 Å². The maximum absolute atomic E-state index is 13.6. The van der Waals surface area contributed by atoms with Gasteiger partial charge in [0.2, 0.25) is 6.79 Å². The summed E-state index contributed by atoms with van der Waals surface area (Å²) in [5.74, 6) is 2.05. The largest absolute Gasteiger partial charge is 0.464 e. The van der Waals surface area contributed by atoms with Crippen molar-refractivity contribution in [3.8, 4) is 11.5 Å². The maximum atomic E-state index is 13.6. The molecule has 1 aromatic heterocycles. The molecule has 0 aliphatic carbocycles. The molecule has 0 saturated heterocycles. The van der Waals surface area contributed by atoms with Crippen LogP contribution in [-0.2, 0) is 13.1 Å². The van der Waals surface area contributed by atoms with Gasteiger partial charge in [0.1, 0.15) is 17.3 Å². The molecule has 0 bridgehead atoms. The van der Waals surface area contributed by atoms with Crippen molar-refractivity contribution in [2.24, 2.45) is 0 Å². The van der Waals surface area contributed by atoms with Gasteiger partial charge in [-0.15, -0.1) is 0 Å². The first-order valence-electron chi connectivity index (χ1n) is 8.57. The molecule has 1 aliphatic heterocycles. The number of hydrogen-bond acceptors (Lipinski definition) is 4. The second-order valence-electron chi connectivity index (χ2n) is 6.37. The van der Waals surface area contributed by atoms with Crippen LogP contribution in [0.2, 0.25) is 0 Å². The standard InChI is InChI=1S/C21H18FNO4/c1-14-5-7-18(27-14)12-23(21(24)16-3-2-4-17(22)10-16)11-15-6-8-19-20(9-15)26-13-25-19/h2-10H,11-13H2,1H3. The molecule has 0 saturated carbocycles. The van der Waals surface area contributed by atoms with E-state index in [0.29, 0.717) is 29.4 Å². The van der Waals surface area contributed by atoms with Crippen molar-refractivity contribution < 1.29 is 23.1 Å². The fourth-order valence-electron chi connectivity index (χ4n) is 3.02. The number of amides is 1. The molecule has 0 atom stereocenters. The van der Waals surface area contributed by atoms with Crippen LogP contribution in [0.4, 0.5) is 4.39 Å². The molecule has 0 radical (unpaired) electrons. The number of aryl methyl sites for hydroxylation is 1. The van der Waals surface area contributed by atoms with Crippen molar-refractivity contribution in [1.29, 1.82) is 0 Å². The van der Waals surface area contributed by atoms with E-state index in [2.05, 4.69) is 0 Å². The number of halogens is 1. The fourth-order valence-corrected chi connectivity index (χ4v) is 3.02. The molecule has 0 N–H and O–H groups in total. The summed E-state index contributed by atoms with van der Waals surface area (Å²) in [4.78, 5) is 14.6. The Morgan fingerprint density at radius 3 is 2.67 bits per heavy atom. The third-order valence-corrected chi connectivity index (χ3v) is 4.31. The molecule has 27 heavy (non-hydrogen) atoms. The van der Waals surface area contributed by atoms with Crippen LogP contribution in [0, 0.1) is 12.7 Å². The first kappa shape index (κ1) is 17.1. The van der Waals surface area contributed by atoms with E-state index in [-0.39, 0.29) is 19.2 Å². The number of fused-ring (bicyclic) bond motifs is 1. The number of carbonyl (C=O) groups is 1. The molecule has 0 spiro atoms. The van der Waals surface area contributed by atoms with E-state index in [4.69, 9.17) is 13.9 Å². The number of hydrogen-bond donors (Lipinski definition) is 0. The summed E-state index contributed by atoms with van der Waals surface area (Å²) < 4.78 is 29.9. The summed E-state index contributed by atoms with van der Waals surface area (Å²) in [7, 11) is 0. The van der Waals surface area contributed by atoms with Crippen LogP contribution in [-0.4, -0.2) is 17.6 Å². The number of ether oxygens (including phenoxy) is 2. The summed E-state index contributed by atoms with van der Waals surface area (Å²) >= 11 is 0. The lowest BCUT2D eigenvalue weighted by Gasteiger charge is -2.22. The molecule has 2 heterocycles. The van der Waals surface area contributed by atoms with Crippen LogP contribution in [0.5, 0.6) is 11.5 Å². The highest BCUT2D eigenvalue weighted by molar-refractivity contribution is 5.94. The van der Waals surface area contributed by atoms with Crippen molar-refractivity contribution in [2.75, 3.05) is 6.79 Å². The zero-order chi connectivity index (χ0) is 18.8. The Hall–Kier alpha value is -3.28. The average molecular weight is 367 g/mol. The zero-order valence-electron chi connectivity index (χ0n) is 14.8. The predicted molar refractivity (Wildman–Crippen MR) is 96.0 cm³/mol. The van der Waals surface area contributed by atoms with Gasteiger partial charge in [-0.3, -0.25) is 4.79 Å². The first-order valence-corrected chi connectivity index (χ1v) is 8.57. The van der Waals surface area contributed by atoms with Gasteiger partial charge in [-0.25, -0.2) is 4.39 Å². The molecule has 5 nitrogen and oxygen atoms in total. The Morgan fingerprint density at radius 2 is 1.89 bits per heavy atom. The van der Waals surface area contributed by atoms with E-state index in [9.17, 15) is 9.18 Å². The summed E-state index contributed by atoms with van der Waals surface area (Å²) in [6, 6.07) is 14.9. The van der Waals surface area contributed by atoms with Crippen LogP contribution < -0.4 is 9.47 Å². The molecule has 1 amide bonds. The highest BCUT2D eigenvalue weighted by atomic mass is 19.1. The lowest BCUT2D eigenvalue weighted by atomic mass is 10.1. The SMILES string of the molecule is Cc1ccc(CN(Cc2ccc3c(c2)OCO3)C(=O)c2cccc(F)c2)o1. The highest BCUT2D eigenvalue weighted by Gasteiger charge is 2.20. The highest BCUT2D eigenvalue weighted by Crippen LogP contribution is 2.33. The van der Waals surface area contributed by atoms with Crippen molar-refractivity contribution >= 4 is 5.91 Å². The van der Waals surface area contributed by atoms with Crippen molar-refractivity contribution in [1.82, 2.24) is 4.90 Å². The van der Waals surface area contributed by atoms with Crippen molar-refractivity contribution in [3.63, 3.8) is 0 Å². The summed E-state index contributed by atoms with van der Waals surface area (Å²) in [5, 5.41) is 0. The Morgan fingerprint density at radius 1 is 1.04 bits per heavy atom. The molecule has 2 aromatic carbocycles. The molecule has 138 valence electrons. The van der Waals surface area contributed by atoms with E-state index >= 15 is 0 Å². The van der Waals surface area contributed by atoms with Crippen molar-refractivity contribution in [3.05, 3.63) is 83.1 Å². The Kier molecular flexibility index (Phi) is 4.54. The number of furan rings is 1. The Bertz CT molecular complexity index is 982. The van der Waals surface area contributed by atoms with Gasteiger partial charge in [-0.2, -0.15) is 0 Å². The fraction of sp³-hybridized carbons (Fsp3) is 0.190. The number of nitrogens with zero attached hydrogens (tertiary/aromatic N) is 1. The molecular formula is C21H18FNO4. The van der Waals surface area contributed by atoms with Gasteiger partial charge >= 0.3 is 0 Å². The number of rotatable bonds is 5. The van der Waals surface area contributed by atoms with Crippen LogP contribution in [0.15, 0.2) is 59.0 Å². The van der Waals surface area contributed by atoms with Gasteiger partial charge in [-0.1, -0.05) is 12.1 Å². The third-order valence-electron chi connectivity index (χ3n) is 4.31. The molecular weight excluding hydrogens is 349 g/mol. The summed E-state index contributed by atoms with van der Waals surface area (Å²) in [5.41, 5.74) is 1.17. The van der Waals surface area contributed by atoms with Crippen molar-refractivity contribution in [2.45, 2.75) is 20.0 Å². The van der Waals surface area contributed by atoms with E-state index in [1.54, 1.807) is 11.0 Å². The smallest absolute Gasteiger partial charge is 0.254 e. The first-order chi connectivity index (χ1) is 13.1.